The first-order valence-electron chi connectivity index (χ1n) is 6.38. The number of para-hydroxylation sites is 2. The van der Waals surface area contributed by atoms with E-state index in [1.807, 2.05) is 44.2 Å². The SMILES string of the molecule is Cc1cc(C)c(CN)c(Sc2nc3ccccc3o2)n1. The van der Waals surface area contributed by atoms with E-state index in [2.05, 4.69) is 9.97 Å². The molecular weight excluding hydrogens is 270 g/mol. The molecule has 0 aliphatic carbocycles. The fraction of sp³-hybridized carbons (Fsp3) is 0.200. The normalized spacial score (nSPS) is 11.2. The van der Waals surface area contributed by atoms with Crippen molar-refractivity contribution in [3.05, 3.63) is 47.2 Å². The maximum atomic E-state index is 5.83. The number of oxazole rings is 1. The van der Waals surface area contributed by atoms with Crippen LogP contribution in [-0.2, 0) is 6.54 Å². The lowest BCUT2D eigenvalue weighted by Gasteiger charge is -2.09. The van der Waals surface area contributed by atoms with Crippen molar-refractivity contribution in [2.24, 2.45) is 5.73 Å². The number of hydrogen-bond donors (Lipinski definition) is 1. The Labute approximate surface area is 121 Å². The van der Waals surface area contributed by atoms with E-state index >= 15 is 0 Å². The minimum absolute atomic E-state index is 0.460. The number of aromatic nitrogens is 2. The van der Waals surface area contributed by atoms with Gasteiger partial charge in [0.1, 0.15) is 10.5 Å². The molecule has 3 aromatic rings. The monoisotopic (exact) mass is 285 g/mol. The van der Waals surface area contributed by atoms with E-state index in [4.69, 9.17) is 10.2 Å². The third kappa shape index (κ3) is 2.42. The number of nitrogens with zero attached hydrogens (tertiary/aromatic N) is 2. The van der Waals surface area contributed by atoms with Crippen LogP contribution >= 0.6 is 11.8 Å². The highest BCUT2D eigenvalue weighted by Crippen LogP contribution is 2.32. The molecular formula is C15H15N3OS. The zero-order valence-corrected chi connectivity index (χ0v) is 12.2. The summed E-state index contributed by atoms with van der Waals surface area (Å²) in [5.41, 5.74) is 10.6. The van der Waals surface area contributed by atoms with Crippen LogP contribution in [0.4, 0.5) is 0 Å². The van der Waals surface area contributed by atoms with Gasteiger partial charge in [0, 0.05) is 17.8 Å². The van der Waals surface area contributed by atoms with Crippen LogP contribution in [-0.4, -0.2) is 9.97 Å². The van der Waals surface area contributed by atoms with Crippen molar-refractivity contribution in [3.8, 4) is 0 Å². The Morgan fingerprint density at radius 2 is 2.00 bits per heavy atom. The van der Waals surface area contributed by atoms with Crippen LogP contribution in [0, 0.1) is 13.8 Å². The average molecular weight is 285 g/mol. The van der Waals surface area contributed by atoms with E-state index in [9.17, 15) is 0 Å². The summed E-state index contributed by atoms with van der Waals surface area (Å²) < 4.78 is 5.72. The highest BCUT2D eigenvalue weighted by Gasteiger charge is 2.13. The van der Waals surface area contributed by atoms with Gasteiger partial charge in [0.2, 0.25) is 0 Å². The van der Waals surface area contributed by atoms with Crippen molar-refractivity contribution in [2.45, 2.75) is 30.6 Å². The number of hydrogen-bond acceptors (Lipinski definition) is 5. The van der Waals surface area contributed by atoms with E-state index in [1.54, 1.807) is 0 Å². The molecule has 3 rings (SSSR count). The summed E-state index contributed by atoms with van der Waals surface area (Å²) in [5.74, 6) is 0. The molecule has 20 heavy (non-hydrogen) atoms. The molecule has 4 nitrogen and oxygen atoms in total. The molecule has 0 saturated carbocycles. The van der Waals surface area contributed by atoms with Gasteiger partial charge in [-0.15, -0.1) is 0 Å². The molecule has 0 bridgehead atoms. The molecule has 0 spiro atoms. The molecule has 0 saturated heterocycles. The Morgan fingerprint density at radius 3 is 2.75 bits per heavy atom. The van der Waals surface area contributed by atoms with Gasteiger partial charge in [-0.2, -0.15) is 0 Å². The first-order chi connectivity index (χ1) is 9.67. The number of rotatable bonds is 3. The van der Waals surface area contributed by atoms with Crippen molar-refractivity contribution in [1.29, 1.82) is 0 Å². The van der Waals surface area contributed by atoms with Gasteiger partial charge in [-0.3, -0.25) is 0 Å². The number of pyridine rings is 1. The van der Waals surface area contributed by atoms with Crippen molar-refractivity contribution in [1.82, 2.24) is 9.97 Å². The lowest BCUT2D eigenvalue weighted by Crippen LogP contribution is -2.04. The molecule has 0 atom stereocenters. The fourth-order valence-corrected chi connectivity index (χ4v) is 3.14. The van der Waals surface area contributed by atoms with Gasteiger partial charge in [0.15, 0.2) is 5.58 Å². The standard InChI is InChI=1S/C15H15N3OS/c1-9-7-10(2)17-14(11(9)8-16)20-15-18-12-5-3-4-6-13(12)19-15/h3-7H,8,16H2,1-2H3. The van der Waals surface area contributed by atoms with Crippen LogP contribution in [0.2, 0.25) is 0 Å². The van der Waals surface area contributed by atoms with Crippen molar-refractivity contribution in [3.63, 3.8) is 0 Å². The summed E-state index contributed by atoms with van der Waals surface area (Å²) in [6.45, 7) is 4.48. The first kappa shape index (κ1) is 13.1. The second kappa shape index (κ2) is 5.26. The Morgan fingerprint density at radius 1 is 1.20 bits per heavy atom. The third-order valence-electron chi connectivity index (χ3n) is 3.10. The zero-order valence-electron chi connectivity index (χ0n) is 11.4. The first-order valence-corrected chi connectivity index (χ1v) is 7.19. The second-order valence-electron chi connectivity index (χ2n) is 4.62. The van der Waals surface area contributed by atoms with Gasteiger partial charge in [-0.25, -0.2) is 9.97 Å². The molecule has 0 radical (unpaired) electrons. The summed E-state index contributed by atoms with van der Waals surface area (Å²) in [5, 5.41) is 1.47. The molecule has 0 unspecified atom stereocenters. The number of nitrogens with two attached hydrogens (primary N) is 1. The highest BCUT2D eigenvalue weighted by molar-refractivity contribution is 7.99. The Hall–Kier alpha value is -1.85. The van der Waals surface area contributed by atoms with E-state index in [1.165, 1.54) is 11.8 Å². The average Bonchev–Trinajstić information content (AvgIpc) is 2.80. The molecule has 0 aliphatic heterocycles. The Kier molecular flexibility index (Phi) is 3.46. The van der Waals surface area contributed by atoms with E-state index in [0.29, 0.717) is 11.8 Å². The molecule has 0 fully saturated rings. The zero-order chi connectivity index (χ0) is 14.1. The van der Waals surface area contributed by atoms with Crippen LogP contribution in [0.3, 0.4) is 0 Å². The van der Waals surface area contributed by atoms with Crippen LogP contribution in [0.5, 0.6) is 0 Å². The quantitative estimate of drug-likeness (QED) is 0.798. The third-order valence-corrected chi connectivity index (χ3v) is 3.98. The number of benzene rings is 1. The molecule has 102 valence electrons. The van der Waals surface area contributed by atoms with Crippen LogP contribution < -0.4 is 5.73 Å². The minimum atomic E-state index is 0.460. The van der Waals surface area contributed by atoms with Crippen LogP contribution in [0.15, 0.2) is 45.0 Å². The number of fused-ring (bicyclic) bond motifs is 1. The Balaban J connectivity index is 2.02. The molecule has 0 amide bonds. The molecule has 2 aromatic heterocycles. The smallest absolute Gasteiger partial charge is 0.263 e. The molecule has 2 N–H and O–H groups in total. The Bertz CT molecular complexity index is 734. The van der Waals surface area contributed by atoms with Crippen LogP contribution in [0.25, 0.3) is 11.1 Å². The van der Waals surface area contributed by atoms with Gasteiger partial charge in [0.05, 0.1) is 0 Å². The molecule has 0 aliphatic rings. The summed E-state index contributed by atoms with van der Waals surface area (Å²) >= 11 is 1.42. The summed E-state index contributed by atoms with van der Waals surface area (Å²) in [6.07, 6.45) is 0. The molecule has 5 heteroatoms. The van der Waals surface area contributed by atoms with Gasteiger partial charge in [-0.1, -0.05) is 12.1 Å². The van der Waals surface area contributed by atoms with E-state index in [-0.39, 0.29) is 0 Å². The van der Waals surface area contributed by atoms with Crippen molar-refractivity contribution in [2.75, 3.05) is 0 Å². The summed E-state index contributed by atoms with van der Waals surface area (Å²) in [7, 11) is 0. The highest BCUT2D eigenvalue weighted by atomic mass is 32.2. The maximum absolute atomic E-state index is 5.83. The molecule has 1 aromatic carbocycles. The predicted octanol–water partition coefficient (Wildman–Crippen LogP) is 3.45. The van der Waals surface area contributed by atoms with Gasteiger partial charge in [0.25, 0.3) is 5.22 Å². The van der Waals surface area contributed by atoms with Crippen molar-refractivity contribution >= 4 is 22.9 Å². The summed E-state index contributed by atoms with van der Waals surface area (Å²) in [6, 6.07) is 9.76. The lowest BCUT2D eigenvalue weighted by atomic mass is 10.1. The van der Waals surface area contributed by atoms with Gasteiger partial charge >= 0.3 is 0 Å². The van der Waals surface area contributed by atoms with Gasteiger partial charge in [-0.05, 0) is 49.4 Å². The topological polar surface area (TPSA) is 64.9 Å². The largest absolute Gasteiger partial charge is 0.431 e. The van der Waals surface area contributed by atoms with E-state index < -0.39 is 0 Å². The maximum Gasteiger partial charge on any atom is 0.263 e. The second-order valence-corrected chi connectivity index (χ2v) is 5.56. The fourth-order valence-electron chi connectivity index (χ4n) is 2.14. The van der Waals surface area contributed by atoms with Gasteiger partial charge < -0.3 is 10.2 Å². The minimum Gasteiger partial charge on any atom is -0.431 e. The number of aryl methyl sites for hydroxylation is 2. The van der Waals surface area contributed by atoms with Crippen LogP contribution in [0.1, 0.15) is 16.8 Å². The predicted molar refractivity (Wildman–Crippen MR) is 79.7 cm³/mol. The van der Waals surface area contributed by atoms with E-state index in [0.717, 1.165) is 32.9 Å². The lowest BCUT2D eigenvalue weighted by molar-refractivity contribution is 0.489. The van der Waals surface area contributed by atoms with Crippen molar-refractivity contribution < 1.29 is 4.42 Å². The molecule has 2 heterocycles. The summed E-state index contributed by atoms with van der Waals surface area (Å²) in [4.78, 5) is 9.01.